The molecule has 0 bridgehead atoms. The molecule has 0 atom stereocenters. The fraction of sp³-hybridized carbons (Fsp3) is 0.259. The summed E-state index contributed by atoms with van der Waals surface area (Å²) in [6.45, 7) is 3.63. The predicted octanol–water partition coefficient (Wildman–Crippen LogP) is 1.95. The first-order valence-electron chi connectivity index (χ1n) is 11.7. The molecular weight excluding hydrogens is 476 g/mol. The van der Waals surface area contributed by atoms with Crippen molar-refractivity contribution in [1.29, 1.82) is 0 Å². The van der Waals surface area contributed by atoms with Gasteiger partial charge in [0.1, 0.15) is 12.2 Å². The molecule has 10 nitrogen and oxygen atoms in total. The summed E-state index contributed by atoms with van der Waals surface area (Å²) in [6.07, 6.45) is 1.61. The molecule has 37 heavy (non-hydrogen) atoms. The van der Waals surface area contributed by atoms with E-state index in [0.717, 1.165) is 21.8 Å². The Hall–Kier alpha value is -4.28. The quantitative estimate of drug-likeness (QED) is 0.297. The zero-order chi connectivity index (χ0) is 26.9. The molecule has 0 aliphatic carbocycles. The van der Waals surface area contributed by atoms with E-state index in [0.29, 0.717) is 11.3 Å². The van der Waals surface area contributed by atoms with Crippen molar-refractivity contribution in [2.45, 2.75) is 20.5 Å². The van der Waals surface area contributed by atoms with Gasteiger partial charge in [0.25, 0.3) is 11.5 Å². The number of fused-ring (bicyclic) bond motifs is 1. The van der Waals surface area contributed by atoms with Crippen LogP contribution in [0, 0.1) is 6.92 Å². The molecule has 1 N–H and O–H groups in total. The Balaban J connectivity index is 1.94. The van der Waals surface area contributed by atoms with Gasteiger partial charge in [-0.25, -0.2) is 9.68 Å². The van der Waals surface area contributed by atoms with E-state index < -0.39 is 17.4 Å². The third kappa shape index (κ3) is 4.76. The lowest BCUT2D eigenvalue weighted by Gasteiger charge is -2.14. The van der Waals surface area contributed by atoms with Crippen LogP contribution in [0.3, 0.4) is 0 Å². The van der Waals surface area contributed by atoms with Gasteiger partial charge in [-0.05, 0) is 60.9 Å². The number of benzene rings is 2. The monoisotopic (exact) mass is 504 g/mol. The normalized spacial score (nSPS) is 13.0. The van der Waals surface area contributed by atoms with Crippen LogP contribution in [0.15, 0.2) is 52.4 Å². The molecule has 1 amide bonds. The molecule has 2 aromatic carbocycles. The molecule has 2 heterocycles. The second-order valence-electron chi connectivity index (χ2n) is 8.81. The lowest BCUT2D eigenvalue weighted by molar-refractivity contribution is -0.253. The summed E-state index contributed by atoms with van der Waals surface area (Å²) in [5.74, 6) is -1.33. The average molecular weight is 505 g/mol. The van der Waals surface area contributed by atoms with Crippen LogP contribution in [0.2, 0.25) is 0 Å². The Kier molecular flexibility index (Phi) is 7.23. The van der Waals surface area contributed by atoms with Gasteiger partial charge >= 0.3 is 5.97 Å². The molecule has 1 aliphatic rings. The highest BCUT2D eigenvalue weighted by Crippen LogP contribution is 2.22. The van der Waals surface area contributed by atoms with Gasteiger partial charge in [0, 0.05) is 26.8 Å². The van der Waals surface area contributed by atoms with Crippen molar-refractivity contribution in [1.82, 2.24) is 4.57 Å². The first-order chi connectivity index (χ1) is 17.7. The summed E-state index contributed by atoms with van der Waals surface area (Å²) in [5, 5.41) is 14.2. The highest BCUT2D eigenvalue weighted by Gasteiger charge is 2.34. The second-order valence-corrected chi connectivity index (χ2v) is 8.81. The van der Waals surface area contributed by atoms with Gasteiger partial charge in [-0.2, -0.15) is 5.01 Å². The molecule has 3 aromatic rings. The summed E-state index contributed by atoms with van der Waals surface area (Å²) in [4.78, 5) is 46.4. The van der Waals surface area contributed by atoms with Crippen LogP contribution in [0.1, 0.15) is 44.3 Å². The maximum absolute atomic E-state index is 13.6. The number of pyridine rings is 1. The molecule has 0 spiro atoms. The highest BCUT2D eigenvalue weighted by atomic mass is 17.1. The number of nitrogens with zero attached hydrogens (tertiary/aromatic N) is 4. The van der Waals surface area contributed by atoms with Crippen molar-refractivity contribution in [3.8, 4) is 0 Å². The van der Waals surface area contributed by atoms with Crippen molar-refractivity contribution < 1.29 is 24.5 Å². The van der Waals surface area contributed by atoms with Crippen LogP contribution >= 0.6 is 0 Å². The third-order valence-electron chi connectivity index (χ3n) is 6.16. The summed E-state index contributed by atoms with van der Waals surface area (Å²) in [5.41, 5.74) is 3.19. The Morgan fingerprint density at radius 2 is 1.84 bits per heavy atom. The Bertz CT molecular complexity index is 1560. The van der Waals surface area contributed by atoms with E-state index in [1.54, 1.807) is 37.3 Å². The van der Waals surface area contributed by atoms with Crippen LogP contribution < -0.4 is 26.2 Å². The number of hydrogen-bond donors (Lipinski definition) is 1. The summed E-state index contributed by atoms with van der Waals surface area (Å²) in [6, 6.07) is 12.3. The van der Waals surface area contributed by atoms with Crippen molar-refractivity contribution in [3.05, 3.63) is 91.3 Å². The lowest BCUT2D eigenvalue weighted by atomic mass is 10.0. The molecule has 0 fully saturated rings. The molecule has 1 aliphatic heterocycles. The number of carbonyl (C=O) groups is 2. The number of carbonyl (C=O) groups excluding carboxylic acids is 2. The zero-order valence-corrected chi connectivity index (χ0v) is 21.3. The number of amides is 1. The molecule has 0 radical (unpaired) electrons. The van der Waals surface area contributed by atoms with Gasteiger partial charge in [-0.1, -0.05) is 18.2 Å². The predicted molar refractivity (Wildman–Crippen MR) is 138 cm³/mol. The molecule has 0 saturated carbocycles. The van der Waals surface area contributed by atoms with Gasteiger partial charge < -0.3 is 9.64 Å². The first-order valence-corrected chi connectivity index (χ1v) is 11.7. The zero-order valence-electron chi connectivity index (χ0n) is 21.3. The Morgan fingerprint density at radius 1 is 1.14 bits per heavy atom. The van der Waals surface area contributed by atoms with E-state index in [-0.39, 0.29) is 35.0 Å². The summed E-state index contributed by atoms with van der Waals surface area (Å²) >= 11 is 0. The smallest absolute Gasteiger partial charge is 0.339 e. The minimum absolute atomic E-state index is 0.00265. The van der Waals surface area contributed by atoms with Gasteiger partial charge in [0.15, 0.2) is 5.49 Å². The van der Waals surface area contributed by atoms with Crippen LogP contribution in [0.4, 0.5) is 11.4 Å². The van der Waals surface area contributed by atoms with E-state index in [4.69, 9.17) is 9.99 Å². The van der Waals surface area contributed by atoms with Gasteiger partial charge in [0.2, 0.25) is 0 Å². The topological polar surface area (TPSA) is 114 Å². The van der Waals surface area contributed by atoms with Gasteiger partial charge in [-0.15, -0.1) is 5.10 Å². The molecule has 0 saturated heterocycles. The van der Waals surface area contributed by atoms with E-state index in [2.05, 4.69) is 9.99 Å². The average Bonchev–Trinajstić information content (AvgIpc) is 3.21. The first kappa shape index (κ1) is 25.8. The maximum atomic E-state index is 13.6. The van der Waals surface area contributed by atoms with Crippen LogP contribution in [-0.2, 0) is 23.3 Å². The minimum atomic E-state index is -0.772. The number of anilines is 2. The second kappa shape index (κ2) is 10.4. The van der Waals surface area contributed by atoms with Crippen LogP contribution in [-0.4, -0.2) is 42.4 Å². The molecular formula is C27H28N4O6. The summed E-state index contributed by atoms with van der Waals surface area (Å²) in [7, 11) is 5.38. The maximum Gasteiger partial charge on any atom is 0.339 e. The Morgan fingerprint density at radius 3 is 2.43 bits per heavy atom. The molecule has 10 heteroatoms. The largest absolute Gasteiger partial charge is 0.462 e. The molecule has 192 valence electrons. The van der Waals surface area contributed by atoms with E-state index in [1.165, 1.54) is 11.6 Å². The van der Waals surface area contributed by atoms with Gasteiger partial charge in [-0.3, -0.25) is 19.4 Å². The number of hydrogen-bond acceptors (Lipinski definition) is 8. The number of aromatic nitrogens is 1. The van der Waals surface area contributed by atoms with Crippen molar-refractivity contribution in [2.24, 2.45) is 12.1 Å². The lowest BCUT2D eigenvalue weighted by Crippen LogP contribution is -2.47. The standard InChI is InChI=1S/C27H28N4O6/c1-6-36-27(34)22-21(14-18-9-12-20(29(3)4)13-16(18)2)25(32)30(5)24-23(22)26(33)31(28-24)19-10-7-17(8-11-19)15-37-35/h7-14,35H,6,15H2,1-5H3. The SMILES string of the molecule is CCOC(=O)c1c2c(n(C)c(=O)c1=Cc1ccc(N(C)C)cc1C)=NN(c1ccc(COO)cc1)C2=O. The van der Waals surface area contributed by atoms with Crippen molar-refractivity contribution in [3.63, 3.8) is 0 Å². The van der Waals surface area contributed by atoms with Crippen LogP contribution in [0.25, 0.3) is 6.08 Å². The van der Waals surface area contributed by atoms with E-state index in [1.807, 2.05) is 44.1 Å². The molecule has 1 aromatic heterocycles. The molecule has 4 rings (SSSR count). The molecule has 0 unspecified atom stereocenters. The van der Waals surface area contributed by atoms with Crippen molar-refractivity contribution >= 4 is 29.3 Å². The van der Waals surface area contributed by atoms with Crippen LogP contribution in [0.5, 0.6) is 0 Å². The Labute approximate surface area is 213 Å². The number of rotatable bonds is 7. The third-order valence-corrected chi connectivity index (χ3v) is 6.16. The minimum Gasteiger partial charge on any atom is -0.462 e. The summed E-state index contributed by atoms with van der Waals surface area (Å²) < 4.78 is 6.54. The van der Waals surface area contributed by atoms with E-state index in [9.17, 15) is 14.4 Å². The number of esters is 1. The fourth-order valence-electron chi connectivity index (χ4n) is 4.15. The van der Waals surface area contributed by atoms with Gasteiger partial charge in [0.05, 0.1) is 23.1 Å². The van der Waals surface area contributed by atoms with E-state index >= 15 is 0 Å². The van der Waals surface area contributed by atoms with Crippen molar-refractivity contribution in [2.75, 3.05) is 30.6 Å². The fourth-order valence-corrected chi connectivity index (χ4v) is 4.15. The number of aryl methyl sites for hydroxylation is 1. The number of ether oxygens (including phenoxy) is 1. The highest BCUT2D eigenvalue weighted by molar-refractivity contribution is 6.13.